The minimum atomic E-state index is -0.152. The molecular formula is C26H26Cl2N2O3. The van der Waals surface area contributed by atoms with Crippen LogP contribution in [0.1, 0.15) is 41.3 Å². The fourth-order valence-corrected chi connectivity index (χ4v) is 4.21. The number of benzene rings is 3. The molecule has 1 heterocycles. The van der Waals surface area contributed by atoms with Gasteiger partial charge in [-0.2, -0.15) is 0 Å². The largest absolute Gasteiger partial charge is 0.496 e. The maximum absolute atomic E-state index is 6.14. The van der Waals surface area contributed by atoms with Crippen LogP contribution in [0, 0.1) is 0 Å². The van der Waals surface area contributed by atoms with Gasteiger partial charge in [-0.15, -0.1) is 0 Å². The van der Waals surface area contributed by atoms with Gasteiger partial charge in [0.1, 0.15) is 23.4 Å². The van der Waals surface area contributed by atoms with Crippen molar-refractivity contribution in [2.24, 2.45) is 4.99 Å². The van der Waals surface area contributed by atoms with Crippen molar-refractivity contribution in [3.63, 3.8) is 0 Å². The number of halogens is 2. The molecule has 0 aliphatic carbocycles. The molecule has 0 bridgehead atoms. The van der Waals surface area contributed by atoms with Crippen molar-refractivity contribution in [3.05, 3.63) is 93.0 Å². The molecule has 2 atom stereocenters. The minimum absolute atomic E-state index is 0.0828. The molecule has 4 rings (SSSR count). The molecule has 0 unspecified atom stereocenters. The maximum Gasteiger partial charge on any atom is 0.133 e. The van der Waals surface area contributed by atoms with E-state index < -0.39 is 0 Å². The third kappa shape index (κ3) is 5.11. The lowest BCUT2D eigenvalue weighted by Crippen LogP contribution is -2.25. The predicted molar refractivity (Wildman–Crippen MR) is 133 cm³/mol. The Morgan fingerprint density at radius 3 is 2.03 bits per heavy atom. The summed E-state index contributed by atoms with van der Waals surface area (Å²) in [6.45, 7) is 3.01. The summed E-state index contributed by atoms with van der Waals surface area (Å²) >= 11 is 12.3. The topological polar surface area (TPSA) is 52.1 Å². The molecule has 0 radical (unpaired) electrons. The first-order valence-corrected chi connectivity index (χ1v) is 11.5. The quantitative estimate of drug-likeness (QED) is 0.402. The van der Waals surface area contributed by atoms with Crippen LogP contribution in [0.3, 0.4) is 0 Å². The van der Waals surface area contributed by atoms with Crippen LogP contribution < -0.4 is 14.8 Å². The highest BCUT2D eigenvalue weighted by molar-refractivity contribution is 6.30. The van der Waals surface area contributed by atoms with E-state index in [1.54, 1.807) is 14.2 Å². The summed E-state index contributed by atoms with van der Waals surface area (Å²) in [6.07, 6.45) is 0. The lowest BCUT2D eigenvalue weighted by atomic mass is 9.95. The van der Waals surface area contributed by atoms with Crippen LogP contribution in [0.5, 0.6) is 11.5 Å². The van der Waals surface area contributed by atoms with Crippen molar-refractivity contribution in [2.75, 3.05) is 20.8 Å². The first-order chi connectivity index (χ1) is 16.0. The first-order valence-electron chi connectivity index (χ1n) is 10.7. The smallest absolute Gasteiger partial charge is 0.133 e. The van der Waals surface area contributed by atoms with Crippen molar-refractivity contribution < 1.29 is 14.2 Å². The zero-order valence-electron chi connectivity index (χ0n) is 18.8. The normalized spacial score (nSPS) is 17.4. The lowest BCUT2D eigenvalue weighted by molar-refractivity contribution is 0.132. The van der Waals surface area contributed by atoms with E-state index in [4.69, 9.17) is 42.4 Å². The summed E-state index contributed by atoms with van der Waals surface area (Å²) < 4.78 is 16.9. The average Bonchev–Trinajstić information content (AvgIpc) is 3.28. The molecule has 3 aromatic rings. The van der Waals surface area contributed by atoms with Crippen molar-refractivity contribution in [2.45, 2.75) is 25.6 Å². The SMILES string of the molecule is CCOCc1cc(C2=N[C@H](c3ccc(Cl)cc3)[C@H](c3ccc(Cl)cc3)N2)c(OC)cc1OC. The van der Waals surface area contributed by atoms with E-state index in [2.05, 4.69) is 5.32 Å². The molecule has 172 valence electrons. The number of rotatable bonds is 8. The Bertz CT molecular complexity index is 1130. The van der Waals surface area contributed by atoms with Crippen LogP contribution in [0.15, 0.2) is 65.7 Å². The van der Waals surface area contributed by atoms with Gasteiger partial charge in [-0.05, 0) is 48.4 Å². The number of hydrogen-bond acceptors (Lipinski definition) is 5. The van der Waals surface area contributed by atoms with Crippen LogP contribution >= 0.6 is 23.2 Å². The van der Waals surface area contributed by atoms with Gasteiger partial charge in [0.15, 0.2) is 0 Å². The van der Waals surface area contributed by atoms with E-state index in [-0.39, 0.29) is 12.1 Å². The molecule has 3 aromatic carbocycles. The third-order valence-electron chi connectivity index (χ3n) is 5.64. The van der Waals surface area contributed by atoms with Gasteiger partial charge in [0.2, 0.25) is 0 Å². The van der Waals surface area contributed by atoms with Gasteiger partial charge in [0, 0.05) is 28.3 Å². The van der Waals surface area contributed by atoms with Gasteiger partial charge < -0.3 is 19.5 Å². The van der Waals surface area contributed by atoms with E-state index in [0.717, 1.165) is 28.1 Å². The maximum atomic E-state index is 6.14. The molecule has 1 aliphatic heterocycles. The van der Waals surface area contributed by atoms with E-state index in [1.807, 2.05) is 67.6 Å². The fraction of sp³-hybridized carbons (Fsp3) is 0.269. The number of aliphatic imine (C=N–C) groups is 1. The molecule has 1 N–H and O–H groups in total. The van der Waals surface area contributed by atoms with Crippen molar-refractivity contribution in [3.8, 4) is 11.5 Å². The second kappa shape index (κ2) is 10.5. The van der Waals surface area contributed by atoms with Gasteiger partial charge in [-0.1, -0.05) is 47.5 Å². The summed E-state index contributed by atoms with van der Waals surface area (Å²) in [5.74, 6) is 2.13. The predicted octanol–water partition coefficient (Wildman–Crippen LogP) is 6.38. The molecule has 1 aliphatic rings. The number of nitrogens with zero attached hydrogens (tertiary/aromatic N) is 1. The Hall–Kier alpha value is -2.73. The number of ether oxygens (including phenoxy) is 3. The van der Waals surface area contributed by atoms with Crippen molar-refractivity contribution in [1.82, 2.24) is 5.32 Å². The summed E-state index contributed by atoms with van der Waals surface area (Å²) in [6, 6.07) is 19.3. The van der Waals surface area contributed by atoms with Crippen LogP contribution in [0.4, 0.5) is 0 Å². The van der Waals surface area contributed by atoms with Gasteiger partial charge in [0.25, 0.3) is 0 Å². The molecule has 33 heavy (non-hydrogen) atoms. The van der Waals surface area contributed by atoms with Crippen LogP contribution in [-0.4, -0.2) is 26.7 Å². The Kier molecular flexibility index (Phi) is 7.43. The highest BCUT2D eigenvalue weighted by Crippen LogP contribution is 2.40. The highest BCUT2D eigenvalue weighted by Gasteiger charge is 2.33. The van der Waals surface area contributed by atoms with Gasteiger partial charge in [-0.25, -0.2) is 0 Å². The van der Waals surface area contributed by atoms with Crippen molar-refractivity contribution in [1.29, 1.82) is 0 Å². The molecular weight excluding hydrogens is 459 g/mol. The molecule has 0 saturated carbocycles. The zero-order chi connectivity index (χ0) is 23.4. The molecule has 5 nitrogen and oxygen atoms in total. The summed E-state index contributed by atoms with van der Waals surface area (Å²) in [4.78, 5) is 5.09. The van der Waals surface area contributed by atoms with Crippen molar-refractivity contribution >= 4 is 29.0 Å². The number of hydrogen-bond donors (Lipinski definition) is 1. The standard InChI is InChI=1S/C26H26Cl2N2O3/c1-4-33-15-18-13-21(23(32-3)14-22(18)31-2)26-29-24(16-5-9-19(27)10-6-16)25(30-26)17-7-11-20(28)12-8-17/h5-14,24-25H,4,15H2,1-3H3,(H,29,30)/t24-,25+. The first kappa shape index (κ1) is 23.4. The third-order valence-corrected chi connectivity index (χ3v) is 6.14. The van der Waals surface area contributed by atoms with Crippen LogP contribution in [0.25, 0.3) is 0 Å². The second-order valence-corrected chi connectivity index (χ2v) is 8.52. The lowest BCUT2D eigenvalue weighted by Gasteiger charge is -2.20. The van der Waals surface area contributed by atoms with Gasteiger partial charge in [-0.3, -0.25) is 4.99 Å². The van der Waals surface area contributed by atoms with E-state index in [0.29, 0.717) is 34.8 Å². The Balaban J connectivity index is 1.79. The highest BCUT2D eigenvalue weighted by atomic mass is 35.5. The summed E-state index contributed by atoms with van der Waals surface area (Å²) in [7, 11) is 3.28. The zero-order valence-corrected chi connectivity index (χ0v) is 20.3. The summed E-state index contributed by atoms with van der Waals surface area (Å²) in [5.41, 5.74) is 3.92. The molecule has 0 spiro atoms. The van der Waals surface area contributed by atoms with Crippen LogP contribution in [0.2, 0.25) is 10.0 Å². The molecule has 0 fully saturated rings. The number of amidine groups is 1. The molecule has 0 amide bonds. The second-order valence-electron chi connectivity index (χ2n) is 7.65. The minimum Gasteiger partial charge on any atom is -0.496 e. The molecule has 0 saturated heterocycles. The Morgan fingerprint density at radius 1 is 0.848 bits per heavy atom. The number of nitrogens with one attached hydrogen (secondary N) is 1. The molecule has 0 aromatic heterocycles. The van der Waals surface area contributed by atoms with Gasteiger partial charge in [0.05, 0.1) is 32.4 Å². The molecule has 7 heteroatoms. The van der Waals surface area contributed by atoms with E-state index >= 15 is 0 Å². The number of methoxy groups -OCH3 is 2. The fourth-order valence-electron chi connectivity index (χ4n) is 3.96. The van der Waals surface area contributed by atoms with Crippen LogP contribution in [-0.2, 0) is 11.3 Å². The summed E-state index contributed by atoms with van der Waals surface area (Å²) in [5, 5.41) is 5.00. The van der Waals surface area contributed by atoms with E-state index in [9.17, 15) is 0 Å². The average molecular weight is 485 g/mol. The van der Waals surface area contributed by atoms with Gasteiger partial charge >= 0.3 is 0 Å². The monoisotopic (exact) mass is 484 g/mol. The Labute approximate surface area is 204 Å². The van der Waals surface area contributed by atoms with E-state index in [1.165, 1.54) is 0 Å². The Morgan fingerprint density at radius 2 is 1.45 bits per heavy atom.